The van der Waals surface area contributed by atoms with Crippen LogP contribution in [0.5, 0.6) is 17.2 Å². The third-order valence-corrected chi connectivity index (χ3v) is 6.50. The van der Waals surface area contributed by atoms with Gasteiger partial charge in [0, 0.05) is 21.8 Å². The summed E-state index contributed by atoms with van der Waals surface area (Å²) in [6.07, 6.45) is 4.66. The monoisotopic (exact) mass is 596 g/mol. The maximum atomic E-state index is 13.4. The normalized spacial score (nSPS) is 11.1. The van der Waals surface area contributed by atoms with Crippen molar-refractivity contribution in [3.63, 3.8) is 0 Å². The number of ketones is 1. The van der Waals surface area contributed by atoms with Crippen molar-refractivity contribution in [3.05, 3.63) is 130 Å². The summed E-state index contributed by atoms with van der Waals surface area (Å²) in [5, 5.41) is 6.09. The minimum absolute atomic E-state index is 0.0332. The molecule has 0 aliphatic rings. The van der Waals surface area contributed by atoms with E-state index in [9.17, 15) is 14.4 Å². The zero-order valence-corrected chi connectivity index (χ0v) is 24.5. The maximum absolute atomic E-state index is 13.4. The molecule has 0 saturated heterocycles. The second-order valence-electron chi connectivity index (χ2n) is 9.12. The number of halogens is 1. The Kier molecular flexibility index (Phi) is 10.3. The molecular weight excluding hydrogens is 568 g/mol. The van der Waals surface area contributed by atoms with Gasteiger partial charge in [-0.1, -0.05) is 48.0 Å². The van der Waals surface area contributed by atoms with Gasteiger partial charge in [0.2, 0.25) is 5.75 Å². The molecule has 0 saturated carbocycles. The van der Waals surface area contributed by atoms with Gasteiger partial charge in [0.05, 0.1) is 21.3 Å². The molecule has 0 unspecified atom stereocenters. The average molecular weight is 597 g/mol. The van der Waals surface area contributed by atoms with E-state index < -0.39 is 11.8 Å². The van der Waals surface area contributed by atoms with Crippen LogP contribution in [-0.2, 0) is 4.79 Å². The van der Waals surface area contributed by atoms with Crippen LogP contribution in [0.2, 0.25) is 5.02 Å². The van der Waals surface area contributed by atoms with Crippen LogP contribution in [-0.4, -0.2) is 38.9 Å². The minimum Gasteiger partial charge on any atom is -0.493 e. The van der Waals surface area contributed by atoms with E-state index in [1.165, 1.54) is 33.5 Å². The van der Waals surface area contributed by atoms with Crippen LogP contribution in [0.3, 0.4) is 0 Å². The van der Waals surface area contributed by atoms with Crippen molar-refractivity contribution in [3.8, 4) is 17.2 Å². The standard InChI is InChI=1S/C34H29ClN2O6/c1-41-30-20-23(21-31(42-2)32(30)43-3)19-28(37-33(39)25-7-5-4-6-8-25)34(40)36-27-16-12-24(13-17-27)29(38)18-11-22-9-14-26(35)15-10-22/h4-21H,1-3H3,(H,36,40)(H,37,39)/b18-11+,28-19-. The lowest BCUT2D eigenvalue weighted by atomic mass is 10.1. The number of hydrogen-bond donors (Lipinski definition) is 2. The Morgan fingerprint density at radius 2 is 1.35 bits per heavy atom. The molecule has 0 heterocycles. The number of methoxy groups -OCH3 is 3. The zero-order valence-electron chi connectivity index (χ0n) is 23.7. The molecule has 2 amide bonds. The Morgan fingerprint density at radius 3 is 1.93 bits per heavy atom. The van der Waals surface area contributed by atoms with Crippen molar-refractivity contribution in [2.45, 2.75) is 0 Å². The number of hydrogen-bond acceptors (Lipinski definition) is 6. The Balaban J connectivity index is 1.57. The number of ether oxygens (including phenoxy) is 3. The van der Waals surface area contributed by atoms with Crippen molar-refractivity contribution < 1.29 is 28.6 Å². The van der Waals surface area contributed by atoms with Gasteiger partial charge in [-0.15, -0.1) is 0 Å². The molecule has 218 valence electrons. The van der Waals surface area contributed by atoms with Gasteiger partial charge in [0.1, 0.15) is 5.70 Å². The van der Waals surface area contributed by atoms with Crippen molar-refractivity contribution >= 4 is 47.0 Å². The van der Waals surface area contributed by atoms with Crippen molar-refractivity contribution in [1.82, 2.24) is 5.32 Å². The summed E-state index contributed by atoms with van der Waals surface area (Å²) in [5.74, 6) is -0.104. The van der Waals surface area contributed by atoms with Gasteiger partial charge in [-0.25, -0.2) is 0 Å². The van der Waals surface area contributed by atoms with Crippen molar-refractivity contribution in [2.24, 2.45) is 0 Å². The fourth-order valence-corrected chi connectivity index (χ4v) is 4.18. The van der Waals surface area contributed by atoms with Crippen molar-refractivity contribution in [2.75, 3.05) is 26.6 Å². The molecule has 43 heavy (non-hydrogen) atoms. The number of amides is 2. The Morgan fingerprint density at radius 1 is 0.721 bits per heavy atom. The molecule has 0 radical (unpaired) electrons. The summed E-state index contributed by atoms with van der Waals surface area (Å²) in [6.45, 7) is 0. The summed E-state index contributed by atoms with van der Waals surface area (Å²) in [5.41, 5.74) is 2.56. The smallest absolute Gasteiger partial charge is 0.272 e. The quantitative estimate of drug-likeness (QED) is 0.148. The number of anilines is 1. The molecule has 0 atom stereocenters. The van der Waals surface area contributed by atoms with E-state index in [2.05, 4.69) is 10.6 Å². The first-order valence-electron chi connectivity index (χ1n) is 13.1. The summed E-state index contributed by atoms with van der Waals surface area (Å²) < 4.78 is 16.2. The van der Waals surface area contributed by atoms with E-state index in [-0.39, 0.29) is 11.5 Å². The topological polar surface area (TPSA) is 103 Å². The van der Waals surface area contributed by atoms with Gasteiger partial charge in [-0.05, 0) is 83.9 Å². The van der Waals surface area contributed by atoms with E-state index in [4.69, 9.17) is 25.8 Å². The van der Waals surface area contributed by atoms with Gasteiger partial charge < -0.3 is 24.8 Å². The molecule has 0 aliphatic carbocycles. The molecule has 2 N–H and O–H groups in total. The van der Waals surface area contributed by atoms with Crippen LogP contribution < -0.4 is 24.8 Å². The van der Waals surface area contributed by atoms with Crippen LogP contribution in [0.1, 0.15) is 31.8 Å². The molecular formula is C34H29ClN2O6. The number of benzene rings is 4. The summed E-state index contributed by atoms with van der Waals surface area (Å²) in [6, 6.07) is 25.4. The van der Waals surface area contributed by atoms with Gasteiger partial charge in [0.25, 0.3) is 11.8 Å². The maximum Gasteiger partial charge on any atom is 0.272 e. The SMILES string of the molecule is COc1cc(/C=C(\NC(=O)c2ccccc2)C(=O)Nc2ccc(C(=O)/C=C/c3ccc(Cl)cc3)cc2)cc(OC)c1OC. The number of carbonyl (C=O) groups excluding carboxylic acids is 3. The molecule has 8 nitrogen and oxygen atoms in total. The fourth-order valence-electron chi connectivity index (χ4n) is 4.05. The highest BCUT2D eigenvalue weighted by atomic mass is 35.5. The molecule has 4 rings (SSSR count). The van der Waals surface area contributed by atoms with Gasteiger partial charge in [-0.2, -0.15) is 0 Å². The molecule has 4 aromatic rings. The first kappa shape index (κ1) is 30.6. The van der Waals surface area contributed by atoms with Gasteiger partial charge in [-0.3, -0.25) is 14.4 Å². The van der Waals surface area contributed by atoms with Crippen LogP contribution in [0, 0.1) is 0 Å². The van der Waals surface area contributed by atoms with E-state index in [0.717, 1.165) is 5.56 Å². The number of nitrogens with one attached hydrogen (secondary N) is 2. The number of carbonyl (C=O) groups is 3. The first-order chi connectivity index (χ1) is 20.8. The highest BCUT2D eigenvalue weighted by Gasteiger charge is 2.18. The largest absolute Gasteiger partial charge is 0.493 e. The molecule has 4 aromatic carbocycles. The lowest BCUT2D eigenvalue weighted by Gasteiger charge is -2.14. The predicted molar refractivity (Wildman–Crippen MR) is 168 cm³/mol. The Hall–Kier alpha value is -5.34. The third-order valence-electron chi connectivity index (χ3n) is 6.25. The molecule has 0 bridgehead atoms. The van der Waals surface area contributed by atoms with Crippen LogP contribution in [0.15, 0.2) is 103 Å². The van der Waals surface area contributed by atoms with Crippen LogP contribution in [0.4, 0.5) is 5.69 Å². The molecule has 0 fully saturated rings. The number of allylic oxidation sites excluding steroid dienone is 1. The second kappa shape index (κ2) is 14.5. The zero-order chi connectivity index (χ0) is 30.8. The lowest BCUT2D eigenvalue weighted by molar-refractivity contribution is -0.113. The lowest BCUT2D eigenvalue weighted by Crippen LogP contribution is -2.30. The van der Waals surface area contributed by atoms with E-state index >= 15 is 0 Å². The summed E-state index contributed by atoms with van der Waals surface area (Å²) >= 11 is 5.91. The summed E-state index contributed by atoms with van der Waals surface area (Å²) in [7, 11) is 4.46. The molecule has 0 spiro atoms. The highest BCUT2D eigenvalue weighted by Crippen LogP contribution is 2.38. The molecule has 0 aliphatic heterocycles. The van der Waals surface area contributed by atoms with Crippen molar-refractivity contribution in [1.29, 1.82) is 0 Å². The fraction of sp³-hybridized carbons (Fsp3) is 0.0882. The van der Waals surface area contributed by atoms with E-state index in [1.54, 1.807) is 84.9 Å². The first-order valence-corrected chi connectivity index (χ1v) is 13.5. The van der Waals surface area contributed by atoms with Gasteiger partial charge in [0.15, 0.2) is 17.3 Å². The Bertz CT molecular complexity index is 1640. The third kappa shape index (κ3) is 8.12. The van der Waals surface area contributed by atoms with E-state index in [1.807, 2.05) is 12.1 Å². The van der Waals surface area contributed by atoms with Crippen LogP contribution in [0.25, 0.3) is 12.2 Å². The van der Waals surface area contributed by atoms with E-state index in [0.29, 0.717) is 44.6 Å². The molecule has 9 heteroatoms. The Labute approximate surface area is 254 Å². The molecule has 0 aromatic heterocycles. The number of rotatable bonds is 11. The van der Waals surface area contributed by atoms with Crippen LogP contribution >= 0.6 is 11.6 Å². The second-order valence-corrected chi connectivity index (χ2v) is 9.55. The summed E-state index contributed by atoms with van der Waals surface area (Å²) in [4.78, 5) is 39.1. The highest BCUT2D eigenvalue weighted by molar-refractivity contribution is 6.30. The predicted octanol–water partition coefficient (Wildman–Crippen LogP) is 6.67. The van der Waals surface area contributed by atoms with Gasteiger partial charge >= 0.3 is 0 Å². The minimum atomic E-state index is -0.584. The average Bonchev–Trinajstić information content (AvgIpc) is 3.04.